The van der Waals surface area contributed by atoms with E-state index in [1.54, 1.807) is 6.07 Å². The molecule has 0 saturated carbocycles. The summed E-state index contributed by atoms with van der Waals surface area (Å²) in [6.45, 7) is 11.0. The summed E-state index contributed by atoms with van der Waals surface area (Å²) in [6.07, 6.45) is 2.75. The van der Waals surface area contributed by atoms with Crippen molar-refractivity contribution < 1.29 is 24.5 Å². The van der Waals surface area contributed by atoms with Crippen molar-refractivity contribution in [1.29, 1.82) is 0 Å². The Morgan fingerprint density at radius 2 is 1.82 bits per heavy atom. The van der Waals surface area contributed by atoms with Crippen LogP contribution < -0.4 is 4.74 Å². The van der Waals surface area contributed by atoms with Gasteiger partial charge in [-0.2, -0.15) is 0 Å². The highest BCUT2D eigenvalue weighted by Gasteiger charge is 2.35. The van der Waals surface area contributed by atoms with Gasteiger partial charge in [0.1, 0.15) is 0 Å². The lowest BCUT2D eigenvalue weighted by Crippen LogP contribution is -2.46. The highest BCUT2D eigenvalue weighted by molar-refractivity contribution is 5.76. The molecule has 214 valence electrons. The molecule has 0 unspecified atom stereocenters. The molecule has 7 nitrogen and oxygen atoms in total. The molecule has 2 N–H and O–H groups in total. The van der Waals surface area contributed by atoms with Gasteiger partial charge in [0.25, 0.3) is 0 Å². The van der Waals surface area contributed by atoms with Gasteiger partial charge in [-0.05, 0) is 67.8 Å². The van der Waals surface area contributed by atoms with Crippen LogP contribution in [-0.4, -0.2) is 71.5 Å². The molecule has 2 fully saturated rings. The smallest absolute Gasteiger partial charge is 0.223 e. The lowest BCUT2D eigenvalue weighted by atomic mass is 9.80. The number of carbonyl (C=O) groups is 1. The van der Waals surface area contributed by atoms with Gasteiger partial charge in [-0.15, -0.1) is 0 Å². The summed E-state index contributed by atoms with van der Waals surface area (Å²) in [5.74, 6) is 1.51. The van der Waals surface area contributed by atoms with Crippen molar-refractivity contribution in [3.63, 3.8) is 0 Å². The monoisotopic (exact) mass is 538 g/mol. The Labute approximate surface area is 233 Å². The summed E-state index contributed by atoms with van der Waals surface area (Å²) in [5.41, 5.74) is 1.74. The van der Waals surface area contributed by atoms with Crippen molar-refractivity contribution >= 4 is 5.91 Å². The number of phenolic OH excluding ortho intramolecular Hbond substituents is 1. The van der Waals surface area contributed by atoms with Crippen molar-refractivity contribution in [3.8, 4) is 11.5 Å². The van der Waals surface area contributed by atoms with E-state index in [-0.39, 0.29) is 11.7 Å². The third kappa shape index (κ3) is 8.19. The fourth-order valence-electron chi connectivity index (χ4n) is 5.83. The number of aliphatic hydroxyl groups excluding tert-OH is 1. The van der Waals surface area contributed by atoms with E-state index >= 15 is 0 Å². The second kappa shape index (κ2) is 13.6. The second-order valence-corrected chi connectivity index (χ2v) is 11.9. The number of fused-ring (bicyclic) bond motifs is 1. The third-order valence-corrected chi connectivity index (χ3v) is 8.34. The summed E-state index contributed by atoms with van der Waals surface area (Å²) in [6, 6.07) is 15.6. The first kappa shape index (κ1) is 29.4. The molecule has 0 aliphatic carbocycles. The van der Waals surface area contributed by atoms with Crippen LogP contribution in [0.1, 0.15) is 57.6 Å². The molecule has 0 spiro atoms. The van der Waals surface area contributed by atoms with Crippen LogP contribution in [0.15, 0.2) is 48.5 Å². The number of nitrogens with zero attached hydrogens (tertiary/aromatic N) is 2. The van der Waals surface area contributed by atoms with E-state index in [0.29, 0.717) is 56.9 Å². The minimum atomic E-state index is -0.671. The van der Waals surface area contributed by atoms with Crippen LogP contribution in [0, 0.1) is 17.3 Å². The number of ether oxygens (including phenoxy) is 2. The molecule has 4 rings (SSSR count). The van der Waals surface area contributed by atoms with Crippen LogP contribution in [0.4, 0.5) is 0 Å². The predicted molar refractivity (Wildman–Crippen MR) is 152 cm³/mol. The van der Waals surface area contributed by atoms with Crippen molar-refractivity contribution in [2.24, 2.45) is 17.3 Å². The number of rotatable bonds is 6. The maximum Gasteiger partial charge on any atom is 0.223 e. The maximum atomic E-state index is 13.8. The molecule has 39 heavy (non-hydrogen) atoms. The van der Waals surface area contributed by atoms with Crippen molar-refractivity contribution in [1.82, 2.24) is 9.80 Å². The van der Waals surface area contributed by atoms with Crippen LogP contribution in [0.3, 0.4) is 0 Å². The minimum absolute atomic E-state index is 0.122. The number of amides is 1. The van der Waals surface area contributed by atoms with E-state index in [4.69, 9.17) is 9.47 Å². The van der Waals surface area contributed by atoms with Gasteiger partial charge >= 0.3 is 0 Å². The fourth-order valence-corrected chi connectivity index (χ4v) is 5.83. The minimum Gasteiger partial charge on any atom is -0.504 e. The predicted octanol–water partition coefficient (Wildman–Crippen LogP) is 4.85. The molecule has 2 saturated heterocycles. The molecule has 1 amide bonds. The first-order chi connectivity index (χ1) is 18.7. The molecule has 0 radical (unpaired) electrons. The zero-order valence-electron chi connectivity index (χ0n) is 23.8. The molecule has 2 aromatic carbocycles. The number of aliphatic hydroxyl groups is 1. The van der Waals surface area contributed by atoms with Gasteiger partial charge in [0.05, 0.1) is 19.3 Å². The lowest BCUT2D eigenvalue weighted by Gasteiger charge is -2.39. The van der Waals surface area contributed by atoms with Gasteiger partial charge in [0.15, 0.2) is 11.5 Å². The second-order valence-electron chi connectivity index (χ2n) is 11.9. The highest BCUT2D eigenvalue weighted by atomic mass is 16.5. The average molecular weight is 539 g/mol. The maximum absolute atomic E-state index is 13.8. The van der Waals surface area contributed by atoms with Crippen LogP contribution >= 0.6 is 0 Å². The Bertz CT molecular complexity index is 1060. The van der Waals surface area contributed by atoms with Crippen LogP contribution in [0.2, 0.25) is 0 Å². The number of carbonyl (C=O) groups excluding carboxylic acids is 1. The standard InChI is InChI=1S/C32H46N2O5/c1-4-39-29-17-25(12-13-28(29)35)19-33-15-14-26-18-31(37)34(20-24-9-6-5-7-10-24)22-30(36)32(2,3)23-38-16-8-11-27(26)21-33/h5-7,9-10,12-13,17,26-27,30,35-36H,4,8,11,14-16,18-23H2,1-3H3/t26-,27-,30-/m0/s1. The molecular formula is C32H46N2O5. The molecule has 2 aliphatic heterocycles. The number of β-amino-alcohol motifs (C(OH)–C–C–N with tert-alkyl or cyclic N) is 1. The third-order valence-electron chi connectivity index (χ3n) is 8.34. The summed E-state index contributed by atoms with van der Waals surface area (Å²) in [5, 5.41) is 21.2. The van der Waals surface area contributed by atoms with E-state index < -0.39 is 11.5 Å². The van der Waals surface area contributed by atoms with Crippen LogP contribution in [0.5, 0.6) is 11.5 Å². The molecule has 0 bridgehead atoms. The van der Waals surface area contributed by atoms with E-state index in [2.05, 4.69) is 4.90 Å². The number of benzene rings is 2. The summed E-state index contributed by atoms with van der Waals surface area (Å²) >= 11 is 0. The topological polar surface area (TPSA) is 82.5 Å². The Morgan fingerprint density at radius 3 is 2.59 bits per heavy atom. The summed E-state index contributed by atoms with van der Waals surface area (Å²) in [4.78, 5) is 18.1. The normalized spacial score (nSPS) is 25.2. The van der Waals surface area contributed by atoms with E-state index in [9.17, 15) is 15.0 Å². The molecule has 2 aromatic rings. The van der Waals surface area contributed by atoms with Crippen molar-refractivity contribution in [2.45, 2.75) is 65.6 Å². The van der Waals surface area contributed by atoms with E-state index in [0.717, 1.165) is 50.0 Å². The fraction of sp³-hybridized carbons (Fsp3) is 0.594. The number of aromatic hydroxyl groups is 1. The van der Waals surface area contributed by atoms with E-state index in [1.165, 1.54) is 0 Å². The Balaban J connectivity index is 1.48. The number of likely N-dealkylation sites (tertiary alicyclic amines) is 1. The van der Waals surface area contributed by atoms with Gasteiger partial charge in [-0.25, -0.2) is 0 Å². The Morgan fingerprint density at radius 1 is 1.03 bits per heavy atom. The van der Waals surface area contributed by atoms with Gasteiger partial charge in [-0.1, -0.05) is 50.2 Å². The zero-order valence-corrected chi connectivity index (χ0v) is 23.8. The van der Waals surface area contributed by atoms with Crippen molar-refractivity contribution in [3.05, 3.63) is 59.7 Å². The number of hydrogen-bond acceptors (Lipinski definition) is 6. The van der Waals surface area contributed by atoms with Crippen molar-refractivity contribution in [2.75, 3.05) is 39.5 Å². The van der Waals surface area contributed by atoms with Crippen LogP contribution in [-0.2, 0) is 22.6 Å². The average Bonchev–Trinajstić information content (AvgIpc) is 2.92. The van der Waals surface area contributed by atoms with Gasteiger partial charge in [0, 0.05) is 44.6 Å². The highest BCUT2D eigenvalue weighted by Crippen LogP contribution is 2.34. The molecular weight excluding hydrogens is 492 g/mol. The molecule has 2 heterocycles. The zero-order chi connectivity index (χ0) is 27.8. The number of piperidine rings is 1. The van der Waals surface area contributed by atoms with E-state index in [1.807, 2.05) is 68.1 Å². The number of hydrogen-bond donors (Lipinski definition) is 2. The molecule has 7 heteroatoms. The molecule has 0 aromatic heterocycles. The first-order valence-electron chi connectivity index (χ1n) is 14.5. The SMILES string of the molecule is CCOc1cc(CN2CC[C@H]3CC(=O)N(Cc4ccccc4)C[C@H](O)C(C)(C)COCCC[C@H]3C2)ccc1O. The molecule has 3 atom stereocenters. The Hall–Kier alpha value is -2.61. The van der Waals surface area contributed by atoms with Crippen LogP contribution in [0.25, 0.3) is 0 Å². The number of phenols is 1. The lowest BCUT2D eigenvalue weighted by molar-refractivity contribution is -0.137. The Kier molecular flexibility index (Phi) is 10.3. The summed E-state index contributed by atoms with van der Waals surface area (Å²) in [7, 11) is 0. The summed E-state index contributed by atoms with van der Waals surface area (Å²) < 4.78 is 11.6. The largest absolute Gasteiger partial charge is 0.504 e. The van der Waals surface area contributed by atoms with Gasteiger partial charge in [0.2, 0.25) is 5.91 Å². The van der Waals surface area contributed by atoms with Gasteiger partial charge < -0.3 is 24.6 Å². The van der Waals surface area contributed by atoms with Gasteiger partial charge in [-0.3, -0.25) is 9.69 Å². The quantitative estimate of drug-likeness (QED) is 0.548. The molecule has 2 aliphatic rings. The first-order valence-corrected chi connectivity index (χ1v) is 14.5.